The smallest absolute Gasteiger partial charge is 0.195 e. The number of nitrogens with one attached hydrogen (secondary N) is 1. The van der Waals surface area contributed by atoms with Crippen LogP contribution in [0.25, 0.3) is 11.5 Å². The second-order valence-corrected chi connectivity index (χ2v) is 6.09. The molecule has 2 aromatic heterocycles. The average molecular weight is 288 g/mol. The standard InChI is InChI=1S/C15H20N4S/c1-11-5-4-6-12(9-8-11)19-14(17-18-15(19)20)13-7-2-3-10-16-13/h2-3,7,10-12H,4-6,8-9H2,1H3,(H,18,20). The maximum absolute atomic E-state index is 5.44. The molecule has 0 bridgehead atoms. The molecule has 1 aliphatic carbocycles. The van der Waals surface area contributed by atoms with Gasteiger partial charge in [0.2, 0.25) is 0 Å². The first-order valence-corrected chi connectivity index (χ1v) is 7.75. The number of aromatic amines is 1. The zero-order valence-electron chi connectivity index (χ0n) is 11.7. The second kappa shape index (κ2) is 5.87. The van der Waals surface area contributed by atoms with Crippen LogP contribution in [0, 0.1) is 10.7 Å². The van der Waals surface area contributed by atoms with Crippen molar-refractivity contribution in [1.29, 1.82) is 0 Å². The number of aromatic nitrogens is 4. The fraction of sp³-hybridized carbons (Fsp3) is 0.533. The van der Waals surface area contributed by atoms with Crippen molar-refractivity contribution in [2.24, 2.45) is 5.92 Å². The summed E-state index contributed by atoms with van der Waals surface area (Å²) < 4.78 is 2.89. The highest BCUT2D eigenvalue weighted by molar-refractivity contribution is 7.71. The molecule has 3 rings (SSSR count). The Morgan fingerprint density at radius 2 is 2.15 bits per heavy atom. The molecule has 0 amide bonds. The third-order valence-electron chi connectivity index (χ3n) is 4.19. The highest BCUT2D eigenvalue weighted by atomic mass is 32.1. The van der Waals surface area contributed by atoms with Gasteiger partial charge in [-0.15, -0.1) is 0 Å². The van der Waals surface area contributed by atoms with E-state index in [1.54, 1.807) is 6.20 Å². The first kappa shape index (κ1) is 13.5. The third kappa shape index (κ3) is 2.68. The normalized spacial score (nSPS) is 23.4. The SMILES string of the molecule is CC1CCCC(n2c(-c3ccccn3)n[nH]c2=S)CC1. The maximum atomic E-state index is 5.44. The largest absolute Gasteiger partial charge is 0.296 e. The van der Waals surface area contributed by atoms with E-state index in [-0.39, 0.29) is 0 Å². The molecule has 2 aromatic rings. The minimum absolute atomic E-state index is 0.447. The van der Waals surface area contributed by atoms with Crippen molar-refractivity contribution in [3.63, 3.8) is 0 Å². The second-order valence-electron chi connectivity index (χ2n) is 5.70. The van der Waals surface area contributed by atoms with Gasteiger partial charge in [0.05, 0.1) is 0 Å². The van der Waals surface area contributed by atoms with Gasteiger partial charge < -0.3 is 0 Å². The van der Waals surface area contributed by atoms with Crippen molar-refractivity contribution in [3.8, 4) is 11.5 Å². The number of H-pyrrole nitrogens is 1. The Kier molecular flexibility index (Phi) is 3.96. The summed E-state index contributed by atoms with van der Waals surface area (Å²) in [4.78, 5) is 4.41. The summed E-state index contributed by atoms with van der Waals surface area (Å²) in [6, 6.07) is 6.34. The molecule has 0 radical (unpaired) electrons. The van der Waals surface area contributed by atoms with Crippen LogP contribution in [-0.2, 0) is 0 Å². The minimum atomic E-state index is 0.447. The Labute approximate surface area is 124 Å². The first-order chi connectivity index (χ1) is 9.75. The van der Waals surface area contributed by atoms with Gasteiger partial charge in [0.15, 0.2) is 10.6 Å². The van der Waals surface area contributed by atoms with Crippen LogP contribution in [0.4, 0.5) is 0 Å². The van der Waals surface area contributed by atoms with Crippen LogP contribution in [0.2, 0.25) is 0 Å². The fourth-order valence-corrected chi connectivity index (χ4v) is 3.33. The molecule has 2 atom stereocenters. The third-order valence-corrected chi connectivity index (χ3v) is 4.48. The Balaban J connectivity index is 1.97. The molecule has 20 heavy (non-hydrogen) atoms. The Morgan fingerprint density at radius 1 is 1.25 bits per heavy atom. The Hall–Kier alpha value is -1.49. The lowest BCUT2D eigenvalue weighted by Crippen LogP contribution is -2.10. The lowest BCUT2D eigenvalue weighted by molar-refractivity contribution is 0.431. The van der Waals surface area contributed by atoms with E-state index < -0.39 is 0 Å². The van der Waals surface area contributed by atoms with Crippen LogP contribution >= 0.6 is 12.2 Å². The molecule has 1 saturated carbocycles. The van der Waals surface area contributed by atoms with Crippen molar-refractivity contribution in [3.05, 3.63) is 29.2 Å². The highest BCUT2D eigenvalue weighted by Gasteiger charge is 2.22. The maximum Gasteiger partial charge on any atom is 0.195 e. The van der Waals surface area contributed by atoms with Gasteiger partial charge in [-0.25, -0.2) is 0 Å². The van der Waals surface area contributed by atoms with E-state index in [1.165, 1.54) is 32.1 Å². The van der Waals surface area contributed by atoms with E-state index in [0.29, 0.717) is 10.8 Å². The molecule has 0 aromatic carbocycles. The molecule has 0 aliphatic heterocycles. The van der Waals surface area contributed by atoms with Gasteiger partial charge >= 0.3 is 0 Å². The van der Waals surface area contributed by atoms with Crippen molar-refractivity contribution in [2.45, 2.75) is 45.1 Å². The van der Waals surface area contributed by atoms with Gasteiger partial charge in [0.1, 0.15) is 5.69 Å². The zero-order chi connectivity index (χ0) is 13.9. The van der Waals surface area contributed by atoms with Crippen LogP contribution in [0.5, 0.6) is 0 Å². The Morgan fingerprint density at radius 3 is 2.95 bits per heavy atom. The summed E-state index contributed by atoms with van der Waals surface area (Å²) in [5.74, 6) is 1.69. The van der Waals surface area contributed by atoms with Gasteiger partial charge in [-0.05, 0) is 49.5 Å². The molecule has 106 valence electrons. The van der Waals surface area contributed by atoms with E-state index in [4.69, 9.17) is 12.2 Å². The monoisotopic (exact) mass is 288 g/mol. The van der Waals surface area contributed by atoms with Gasteiger partial charge in [-0.1, -0.05) is 25.8 Å². The van der Waals surface area contributed by atoms with Gasteiger partial charge in [-0.3, -0.25) is 14.6 Å². The average Bonchev–Trinajstić information content (AvgIpc) is 2.72. The predicted octanol–water partition coefficient (Wildman–Crippen LogP) is 4.14. The van der Waals surface area contributed by atoms with Crippen molar-refractivity contribution >= 4 is 12.2 Å². The Bertz CT molecular complexity index is 616. The van der Waals surface area contributed by atoms with E-state index in [2.05, 4.69) is 26.7 Å². The molecule has 1 aliphatic rings. The summed E-state index contributed by atoms with van der Waals surface area (Å²) in [5, 5.41) is 7.33. The highest BCUT2D eigenvalue weighted by Crippen LogP contribution is 2.32. The lowest BCUT2D eigenvalue weighted by Gasteiger charge is -2.17. The van der Waals surface area contributed by atoms with E-state index >= 15 is 0 Å². The van der Waals surface area contributed by atoms with E-state index in [0.717, 1.165) is 17.4 Å². The van der Waals surface area contributed by atoms with E-state index in [1.807, 2.05) is 18.2 Å². The topological polar surface area (TPSA) is 46.5 Å². The molecule has 5 heteroatoms. The van der Waals surface area contributed by atoms with Crippen LogP contribution in [-0.4, -0.2) is 19.7 Å². The molecular weight excluding hydrogens is 268 g/mol. The van der Waals surface area contributed by atoms with Crippen molar-refractivity contribution < 1.29 is 0 Å². The number of rotatable bonds is 2. The van der Waals surface area contributed by atoms with Crippen LogP contribution in [0.15, 0.2) is 24.4 Å². The number of hydrogen-bond donors (Lipinski definition) is 1. The molecule has 2 heterocycles. The summed E-state index contributed by atoms with van der Waals surface area (Å²) in [6.07, 6.45) is 8.00. The number of hydrogen-bond acceptors (Lipinski definition) is 3. The van der Waals surface area contributed by atoms with Crippen LogP contribution in [0.3, 0.4) is 0 Å². The lowest BCUT2D eigenvalue weighted by atomic mass is 10.0. The number of nitrogens with zero attached hydrogens (tertiary/aromatic N) is 3. The summed E-state index contributed by atoms with van der Waals surface area (Å²) in [7, 11) is 0. The minimum Gasteiger partial charge on any atom is -0.296 e. The summed E-state index contributed by atoms with van der Waals surface area (Å²) in [5.41, 5.74) is 0.886. The van der Waals surface area contributed by atoms with Crippen molar-refractivity contribution in [1.82, 2.24) is 19.7 Å². The molecule has 1 N–H and O–H groups in total. The summed E-state index contributed by atoms with van der Waals surface area (Å²) in [6.45, 7) is 2.34. The zero-order valence-corrected chi connectivity index (χ0v) is 12.6. The first-order valence-electron chi connectivity index (χ1n) is 7.34. The molecular formula is C15H20N4S. The molecule has 4 nitrogen and oxygen atoms in total. The summed E-state index contributed by atoms with van der Waals surface area (Å²) >= 11 is 5.44. The van der Waals surface area contributed by atoms with Crippen molar-refractivity contribution in [2.75, 3.05) is 0 Å². The van der Waals surface area contributed by atoms with Gasteiger partial charge in [-0.2, -0.15) is 5.10 Å². The fourth-order valence-electron chi connectivity index (χ4n) is 3.04. The van der Waals surface area contributed by atoms with Gasteiger partial charge in [0.25, 0.3) is 0 Å². The van der Waals surface area contributed by atoms with Crippen LogP contribution in [0.1, 0.15) is 45.1 Å². The van der Waals surface area contributed by atoms with Crippen LogP contribution < -0.4 is 0 Å². The van der Waals surface area contributed by atoms with E-state index in [9.17, 15) is 0 Å². The molecule has 1 fully saturated rings. The molecule has 0 saturated heterocycles. The molecule has 2 unspecified atom stereocenters. The van der Waals surface area contributed by atoms with Gasteiger partial charge in [0, 0.05) is 12.2 Å². The number of pyridine rings is 1. The molecule has 0 spiro atoms. The predicted molar refractivity (Wildman–Crippen MR) is 81.9 cm³/mol. The quantitative estimate of drug-likeness (QED) is 0.667.